The summed E-state index contributed by atoms with van der Waals surface area (Å²) in [5.41, 5.74) is -2.17. The third-order valence-corrected chi connectivity index (χ3v) is 10.5. The number of carboxylic acid groups (broad SMARTS) is 1. The van der Waals surface area contributed by atoms with Crippen LogP contribution in [0.1, 0.15) is 86.5 Å². The molecule has 6 unspecified atom stereocenters. The second kappa shape index (κ2) is 7.19. The molecule has 33 heavy (non-hydrogen) atoms. The normalized spacial score (nSPS) is 40.9. The maximum Gasteiger partial charge on any atom is 0.303 e. The van der Waals surface area contributed by atoms with Crippen molar-refractivity contribution in [3.63, 3.8) is 0 Å². The number of hydrogen-bond acceptors (Lipinski definition) is 5. The van der Waals surface area contributed by atoms with E-state index in [0.717, 1.165) is 0 Å². The van der Waals surface area contributed by atoms with E-state index in [0.29, 0.717) is 30.4 Å². The highest BCUT2D eigenvalue weighted by Gasteiger charge is 2.70. The van der Waals surface area contributed by atoms with Gasteiger partial charge in [-0.15, -0.1) is 0 Å². The van der Waals surface area contributed by atoms with Crippen LogP contribution < -0.4 is 0 Å². The van der Waals surface area contributed by atoms with Crippen molar-refractivity contribution in [1.82, 2.24) is 0 Å². The third kappa shape index (κ3) is 2.94. The fraction of sp³-hybridized carbons (Fsp3) is 0.741. The average molecular weight is 457 g/mol. The monoisotopic (exact) mass is 456 g/mol. The number of aliphatic carboxylic acids is 1. The van der Waals surface area contributed by atoms with Gasteiger partial charge in [0.25, 0.3) is 0 Å². The van der Waals surface area contributed by atoms with Crippen LogP contribution in [0.2, 0.25) is 0 Å². The Morgan fingerprint density at radius 1 is 0.970 bits per heavy atom. The van der Waals surface area contributed by atoms with Crippen molar-refractivity contribution in [2.24, 2.45) is 39.4 Å². The van der Waals surface area contributed by atoms with Gasteiger partial charge in [0.1, 0.15) is 11.6 Å². The number of rotatable bonds is 4. The Morgan fingerprint density at radius 3 is 2.21 bits per heavy atom. The third-order valence-electron chi connectivity index (χ3n) is 10.5. The summed E-state index contributed by atoms with van der Waals surface area (Å²) < 4.78 is 0. The first-order valence-electron chi connectivity index (χ1n) is 12.2. The van der Waals surface area contributed by atoms with Gasteiger partial charge in [-0.2, -0.15) is 0 Å². The van der Waals surface area contributed by atoms with E-state index in [4.69, 9.17) is 5.11 Å². The van der Waals surface area contributed by atoms with E-state index in [2.05, 4.69) is 0 Å². The zero-order chi connectivity index (χ0) is 24.7. The molecule has 180 valence electrons. The standard InChI is InChI=1S/C27H36O6/c1-14(7-8-21(32)33)15-11-20(31)27(6)23-16(28)12-18-24(2,3)19(30)9-10-25(18,4)22(23)17(29)13-26(15,27)5/h14-15,18H,7-13H2,1-6H3,(H,32,33). The summed E-state index contributed by atoms with van der Waals surface area (Å²) in [5.74, 6) is -1.46. The van der Waals surface area contributed by atoms with E-state index < -0.39 is 27.6 Å². The molecule has 4 rings (SSSR count). The highest BCUT2D eigenvalue weighted by Crippen LogP contribution is 2.69. The summed E-state index contributed by atoms with van der Waals surface area (Å²) in [5, 5.41) is 9.14. The zero-order valence-electron chi connectivity index (χ0n) is 20.7. The number of Topliss-reactive ketones (excluding diaryl/α,β-unsaturated/α-hetero) is 4. The fourth-order valence-electron chi connectivity index (χ4n) is 8.19. The molecule has 0 aromatic carbocycles. The minimum absolute atomic E-state index is 0.0151. The van der Waals surface area contributed by atoms with E-state index in [9.17, 15) is 24.0 Å². The van der Waals surface area contributed by atoms with Crippen molar-refractivity contribution in [3.8, 4) is 0 Å². The van der Waals surface area contributed by atoms with Crippen LogP contribution in [0.5, 0.6) is 0 Å². The minimum Gasteiger partial charge on any atom is -0.481 e. The highest BCUT2D eigenvalue weighted by atomic mass is 16.4. The Labute approximate surface area is 195 Å². The Kier molecular flexibility index (Phi) is 5.24. The number of carbonyl (C=O) groups is 5. The molecule has 1 N–H and O–H groups in total. The van der Waals surface area contributed by atoms with Crippen LogP contribution in [0, 0.1) is 39.4 Å². The molecule has 4 aliphatic carbocycles. The summed E-state index contributed by atoms with van der Waals surface area (Å²) in [7, 11) is 0. The topological polar surface area (TPSA) is 106 Å². The van der Waals surface area contributed by atoms with E-state index in [1.54, 1.807) is 0 Å². The van der Waals surface area contributed by atoms with E-state index in [-0.39, 0.29) is 66.6 Å². The molecule has 0 heterocycles. The maximum atomic E-state index is 13.9. The minimum atomic E-state index is -1.06. The molecule has 2 saturated carbocycles. The van der Waals surface area contributed by atoms with Crippen molar-refractivity contribution in [2.45, 2.75) is 86.5 Å². The molecule has 6 nitrogen and oxygen atoms in total. The van der Waals surface area contributed by atoms with Crippen LogP contribution in [0.3, 0.4) is 0 Å². The van der Waals surface area contributed by atoms with Crippen molar-refractivity contribution in [2.75, 3.05) is 0 Å². The Bertz CT molecular complexity index is 1020. The van der Waals surface area contributed by atoms with Gasteiger partial charge < -0.3 is 5.11 Å². The highest BCUT2D eigenvalue weighted by molar-refractivity contribution is 6.16. The summed E-state index contributed by atoms with van der Waals surface area (Å²) in [6, 6.07) is 0. The molecular formula is C27H36O6. The molecule has 0 spiro atoms. The van der Waals surface area contributed by atoms with Gasteiger partial charge in [-0.05, 0) is 42.9 Å². The number of carbonyl (C=O) groups excluding carboxylic acids is 4. The SMILES string of the molecule is CC(CCC(=O)O)C1CC(=O)C2(C)C3=C(C(=O)CC12C)C1(C)CCC(=O)C(C)(C)C1CC3=O. The Balaban J connectivity index is 1.86. The van der Waals surface area contributed by atoms with Gasteiger partial charge in [0, 0.05) is 54.1 Å². The summed E-state index contributed by atoms with van der Waals surface area (Å²) in [6.45, 7) is 11.6. The Morgan fingerprint density at radius 2 is 1.61 bits per heavy atom. The largest absolute Gasteiger partial charge is 0.481 e. The van der Waals surface area contributed by atoms with Gasteiger partial charge in [0.15, 0.2) is 11.6 Å². The quantitative estimate of drug-likeness (QED) is 0.674. The molecule has 6 atom stereocenters. The maximum absolute atomic E-state index is 13.9. The lowest BCUT2D eigenvalue weighted by atomic mass is 9.43. The zero-order valence-corrected chi connectivity index (χ0v) is 20.7. The van der Waals surface area contributed by atoms with E-state index >= 15 is 0 Å². The molecule has 0 aliphatic heterocycles. The molecular weight excluding hydrogens is 420 g/mol. The second-order valence-corrected chi connectivity index (χ2v) is 12.3. The predicted octanol–water partition coefficient (Wildman–Crippen LogP) is 4.34. The molecule has 0 bridgehead atoms. The molecule has 0 aromatic heterocycles. The molecule has 6 heteroatoms. The van der Waals surface area contributed by atoms with E-state index in [1.807, 2.05) is 41.5 Å². The first-order chi connectivity index (χ1) is 15.1. The van der Waals surface area contributed by atoms with Crippen LogP contribution in [0.25, 0.3) is 0 Å². The lowest BCUT2D eigenvalue weighted by molar-refractivity contribution is -0.147. The average Bonchev–Trinajstić information content (AvgIpc) is 2.92. The smallest absolute Gasteiger partial charge is 0.303 e. The van der Waals surface area contributed by atoms with Gasteiger partial charge in [-0.25, -0.2) is 0 Å². The molecule has 0 saturated heterocycles. The van der Waals surface area contributed by atoms with Crippen LogP contribution in [0.15, 0.2) is 11.1 Å². The number of allylic oxidation sites excluding steroid dienone is 2. The number of carboxylic acids is 1. The van der Waals surface area contributed by atoms with Gasteiger partial charge in [-0.3, -0.25) is 24.0 Å². The van der Waals surface area contributed by atoms with Gasteiger partial charge in [-0.1, -0.05) is 34.6 Å². The van der Waals surface area contributed by atoms with E-state index in [1.165, 1.54) is 0 Å². The first-order valence-corrected chi connectivity index (χ1v) is 12.2. The predicted molar refractivity (Wildman–Crippen MR) is 121 cm³/mol. The van der Waals surface area contributed by atoms with Crippen molar-refractivity contribution >= 4 is 29.1 Å². The molecule has 2 fully saturated rings. The van der Waals surface area contributed by atoms with Crippen LogP contribution in [0.4, 0.5) is 0 Å². The number of fused-ring (bicyclic) bond motifs is 4. The summed E-state index contributed by atoms with van der Waals surface area (Å²) in [4.78, 5) is 65.1. The molecule has 0 aromatic rings. The van der Waals surface area contributed by atoms with Gasteiger partial charge >= 0.3 is 5.97 Å². The van der Waals surface area contributed by atoms with Crippen LogP contribution in [-0.4, -0.2) is 34.2 Å². The number of ketones is 4. The van der Waals surface area contributed by atoms with Gasteiger partial charge in [0.2, 0.25) is 0 Å². The lowest BCUT2D eigenvalue weighted by Gasteiger charge is -2.58. The fourth-order valence-corrected chi connectivity index (χ4v) is 8.19. The van der Waals surface area contributed by atoms with Crippen LogP contribution >= 0.6 is 0 Å². The van der Waals surface area contributed by atoms with Crippen molar-refractivity contribution in [3.05, 3.63) is 11.1 Å². The lowest BCUT2D eigenvalue weighted by Crippen LogP contribution is -2.59. The van der Waals surface area contributed by atoms with Crippen molar-refractivity contribution in [1.29, 1.82) is 0 Å². The number of hydrogen-bond donors (Lipinski definition) is 1. The summed E-state index contributed by atoms with van der Waals surface area (Å²) >= 11 is 0. The van der Waals surface area contributed by atoms with Crippen molar-refractivity contribution < 1.29 is 29.1 Å². The second-order valence-electron chi connectivity index (χ2n) is 12.3. The van der Waals surface area contributed by atoms with Gasteiger partial charge in [0.05, 0.1) is 5.41 Å². The Hall–Kier alpha value is -2.11. The molecule has 4 aliphatic rings. The van der Waals surface area contributed by atoms with Crippen LogP contribution in [-0.2, 0) is 24.0 Å². The molecule has 0 amide bonds. The first kappa shape index (κ1) is 24.0. The molecule has 0 radical (unpaired) electrons. The summed E-state index contributed by atoms with van der Waals surface area (Å²) in [6.07, 6.45) is 1.96.